The number of carbonyl (C=O) groups is 2. The fourth-order valence-corrected chi connectivity index (χ4v) is 3.99. The van der Waals surface area contributed by atoms with Crippen LogP contribution in [0.3, 0.4) is 0 Å². The number of thioether (sulfide) groups is 1. The molecule has 2 aromatic carbocycles. The van der Waals surface area contributed by atoms with Gasteiger partial charge in [0.05, 0.1) is 4.91 Å². The predicted molar refractivity (Wildman–Crippen MR) is 116 cm³/mol. The summed E-state index contributed by atoms with van der Waals surface area (Å²) in [6, 6.07) is 13.7. The van der Waals surface area contributed by atoms with Gasteiger partial charge in [0, 0.05) is 6.54 Å². The van der Waals surface area contributed by atoms with Gasteiger partial charge in [0.25, 0.3) is 5.91 Å². The second kappa shape index (κ2) is 9.11. The molecule has 0 aliphatic carbocycles. The number of amides is 1. The first kappa shape index (κ1) is 20.9. The summed E-state index contributed by atoms with van der Waals surface area (Å²) in [6.45, 7) is 1.90. The molecule has 3 rings (SSSR count). The molecule has 29 heavy (non-hydrogen) atoms. The highest BCUT2D eigenvalue weighted by Gasteiger charge is 2.31. The second-order valence-electron chi connectivity index (χ2n) is 6.42. The summed E-state index contributed by atoms with van der Waals surface area (Å²) < 4.78 is 5.86. The maximum atomic E-state index is 12.7. The van der Waals surface area contributed by atoms with Crippen molar-refractivity contribution in [2.24, 2.45) is 0 Å². The zero-order chi connectivity index (χ0) is 21.0. The van der Waals surface area contributed by atoms with E-state index in [2.05, 4.69) is 0 Å². The Hall–Kier alpha value is -2.84. The third-order valence-corrected chi connectivity index (χ3v) is 5.63. The van der Waals surface area contributed by atoms with Crippen LogP contribution in [-0.2, 0) is 16.0 Å². The van der Waals surface area contributed by atoms with E-state index in [0.29, 0.717) is 27.9 Å². The summed E-state index contributed by atoms with van der Waals surface area (Å²) in [5.41, 5.74) is 1.72. The van der Waals surface area contributed by atoms with Crippen LogP contribution in [0.1, 0.15) is 18.1 Å². The number of thiocarbonyl (C=S) groups is 1. The number of aromatic hydroxyl groups is 1. The molecule has 1 aliphatic rings. The zero-order valence-electron chi connectivity index (χ0n) is 15.6. The molecular formula is C21H19NO5S2. The van der Waals surface area contributed by atoms with Crippen molar-refractivity contribution in [1.29, 1.82) is 0 Å². The molecule has 1 aliphatic heterocycles. The van der Waals surface area contributed by atoms with Gasteiger partial charge in [-0.15, -0.1) is 0 Å². The summed E-state index contributed by atoms with van der Waals surface area (Å²) in [4.78, 5) is 25.8. The van der Waals surface area contributed by atoms with Gasteiger partial charge >= 0.3 is 5.97 Å². The highest BCUT2D eigenvalue weighted by atomic mass is 32.2. The van der Waals surface area contributed by atoms with Gasteiger partial charge in [0.1, 0.15) is 15.8 Å². The van der Waals surface area contributed by atoms with E-state index in [1.54, 1.807) is 47.4 Å². The van der Waals surface area contributed by atoms with E-state index < -0.39 is 12.1 Å². The van der Waals surface area contributed by atoms with Crippen molar-refractivity contribution in [3.8, 4) is 11.5 Å². The Bertz CT molecular complexity index is 971. The van der Waals surface area contributed by atoms with Crippen molar-refractivity contribution in [2.75, 3.05) is 6.54 Å². The molecule has 1 amide bonds. The van der Waals surface area contributed by atoms with E-state index in [-0.39, 0.29) is 11.7 Å². The number of carbonyl (C=O) groups excluding carboxylic acids is 1. The van der Waals surface area contributed by atoms with Crippen molar-refractivity contribution in [2.45, 2.75) is 19.4 Å². The van der Waals surface area contributed by atoms with Gasteiger partial charge in [-0.05, 0) is 54.8 Å². The van der Waals surface area contributed by atoms with E-state index in [0.717, 1.165) is 11.1 Å². The van der Waals surface area contributed by atoms with Crippen LogP contribution in [0.15, 0.2) is 53.4 Å². The van der Waals surface area contributed by atoms with Gasteiger partial charge in [0.2, 0.25) is 0 Å². The molecule has 0 bridgehead atoms. The quantitative estimate of drug-likeness (QED) is 0.513. The van der Waals surface area contributed by atoms with Crippen molar-refractivity contribution in [3.63, 3.8) is 0 Å². The SMILES string of the molecule is CC(Oc1cccc(/C=C2/SC(=S)N(CCc3ccc(O)cc3)C2=O)c1)C(=O)O. The molecule has 1 fully saturated rings. The Labute approximate surface area is 177 Å². The highest BCUT2D eigenvalue weighted by molar-refractivity contribution is 8.26. The van der Waals surface area contributed by atoms with E-state index in [4.69, 9.17) is 22.1 Å². The molecule has 1 atom stereocenters. The number of rotatable bonds is 7. The van der Waals surface area contributed by atoms with Crippen LogP contribution in [0.25, 0.3) is 6.08 Å². The molecule has 0 radical (unpaired) electrons. The lowest BCUT2D eigenvalue weighted by Crippen LogP contribution is -2.30. The molecular weight excluding hydrogens is 410 g/mol. The molecule has 6 nitrogen and oxygen atoms in total. The molecule has 1 heterocycles. The number of phenolic OH excluding ortho intramolecular Hbond substituents is 1. The summed E-state index contributed by atoms with van der Waals surface area (Å²) in [5, 5.41) is 18.3. The topological polar surface area (TPSA) is 87.1 Å². The van der Waals surface area contributed by atoms with Gasteiger partial charge in [-0.25, -0.2) is 4.79 Å². The minimum Gasteiger partial charge on any atom is -0.508 e. The summed E-state index contributed by atoms with van der Waals surface area (Å²) >= 11 is 6.59. The number of hydrogen-bond acceptors (Lipinski definition) is 6. The highest BCUT2D eigenvalue weighted by Crippen LogP contribution is 2.33. The van der Waals surface area contributed by atoms with Crippen LogP contribution >= 0.6 is 24.0 Å². The lowest BCUT2D eigenvalue weighted by Gasteiger charge is -2.14. The number of benzene rings is 2. The van der Waals surface area contributed by atoms with Crippen LogP contribution < -0.4 is 4.74 Å². The number of carboxylic acid groups (broad SMARTS) is 1. The Morgan fingerprint density at radius 3 is 2.69 bits per heavy atom. The minimum absolute atomic E-state index is 0.163. The Morgan fingerprint density at radius 1 is 1.28 bits per heavy atom. The molecule has 150 valence electrons. The van der Waals surface area contributed by atoms with Crippen LogP contribution in [0.2, 0.25) is 0 Å². The summed E-state index contributed by atoms with van der Waals surface area (Å²) in [7, 11) is 0. The number of carboxylic acids is 1. The monoisotopic (exact) mass is 429 g/mol. The van der Waals surface area contributed by atoms with Crippen molar-refractivity contribution >= 4 is 46.3 Å². The van der Waals surface area contributed by atoms with Crippen LogP contribution in [-0.4, -0.2) is 44.0 Å². The first-order valence-corrected chi connectivity index (χ1v) is 10.1. The van der Waals surface area contributed by atoms with Gasteiger partial charge < -0.3 is 14.9 Å². The molecule has 2 aromatic rings. The molecule has 1 unspecified atom stereocenters. The van der Waals surface area contributed by atoms with Gasteiger partial charge in [-0.2, -0.15) is 0 Å². The average molecular weight is 430 g/mol. The zero-order valence-corrected chi connectivity index (χ0v) is 17.2. The van der Waals surface area contributed by atoms with E-state index in [1.807, 2.05) is 12.1 Å². The minimum atomic E-state index is -1.05. The number of ether oxygens (including phenoxy) is 1. The largest absolute Gasteiger partial charge is 0.508 e. The lowest BCUT2D eigenvalue weighted by molar-refractivity contribution is -0.144. The number of hydrogen-bond donors (Lipinski definition) is 2. The van der Waals surface area contributed by atoms with E-state index in [1.165, 1.54) is 18.7 Å². The van der Waals surface area contributed by atoms with Crippen molar-refractivity contribution < 1.29 is 24.5 Å². The maximum absolute atomic E-state index is 12.7. The Balaban J connectivity index is 1.69. The molecule has 1 saturated heterocycles. The van der Waals surface area contributed by atoms with Gasteiger partial charge in [-0.3, -0.25) is 9.69 Å². The maximum Gasteiger partial charge on any atom is 0.344 e. The van der Waals surface area contributed by atoms with E-state index >= 15 is 0 Å². The molecule has 2 N–H and O–H groups in total. The molecule has 0 spiro atoms. The van der Waals surface area contributed by atoms with Gasteiger partial charge in [0.15, 0.2) is 6.10 Å². The average Bonchev–Trinajstić information content (AvgIpc) is 2.94. The fourth-order valence-electron chi connectivity index (χ4n) is 2.68. The third kappa shape index (κ3) is 5.36. The Morgan fingerprint density at radius 2 is 2.00 bits per heavy atom. The normalized spacial score (nSPS) is 16.3. The molecule has 0 aromatic heterocycles. The van der Waals surface area contributed by atoms with E-state index in [9.17, 15) is 14.7 Å². The fraction of sp³-hybridized carbons (Fsp3) is 0.190. The Kier molecular flexibility index (Phi) is 6.56. The standard InChI is InChI=1S/C21H19NO5S2/c1-13(20(25)26)27-17-4-2-3-15(11-17)12-18-19(24)22(21(28)29-18)10-9-14-5-7-16(23)8-6-14/h2-8,11-13,23H,9-10H2,1H3,(H,25,26)/b18-12+. The number of phenols is 1. The second-order valence-corrected chi connectivity index (χ2v) is 8.10. The smallest absolute Gasteiger partial charge is 0.344 e. The van der Waals surface area contributed by atoms with Crippen LogP contribution in [0.5, 0.6) is 11.5 Å². The summed E-state index contributed by atoms with van der Waals surface area (Å²) in [5.74, 6) is -0.600. The van der Waals surface area contributed by atoms with Crippen LogP contribution in [0.4, 0.5) is 0 Å². The predicted octanol–water partition coefficient (Wildman–Crippen LogP) is 3.69. The first-order chi connectivity index (χ1) is 13.8. The number of aliphatic carboxylic acids is 1. The molecule has 8 heteroatoms. The third-order valence-electron chi connectivity index (χ3n) is 4.25. The van der Waals surface area contributed by atoms with Gasteiger partial charge in [-0.1, -0.05) is 48.2 Å². The number of nitrogens with zero attached hydrogens (tertiary/aromatic N) is 1. The van der Waals surface area contributed by atoms with Crippen LogP contribution in [0, 0.1) is 0 Å². The van der Waals surface area contributed by atoms with Crippen molar-refractivity contribution in [1.82, 2.24) is 4.90 Å². The summed E-state index contributed by atoms with van der Waals surface area (Å²) in [6.07, 6.45) is 1.37. The first-order valence-electron chi connectivity index (χ1n) is 8.86. The molecule has 0 saturated carbocycles. The lowest BCUT2D eigenvalue weighted by atomic mass is 10.1. The van der Waals surface area contributed by atoms with Crippen molar-refractivity contribution in [3.05, 3.63) is 64.6 Å².